The molecular formula is C15H25NS. The molecule has 1 atom stereocenters. The molecule has 0 aliphatic heterocycles. The van der Waals surface area contributed by atoms with Gasteiger partial charge < -0.3 is 4.90 Å². The fraction of sp³-hybridized carbons (Fsp3) is 0.600. The maximum atomic E-state index is 4.48. The lowest BCUT2D eigenvalue weighted by molar-refractivity contribution is 0.183. The summed E-state index contributed by atoms with van der Waals surface area (Å²) in [6.07, 6.45) is 0. The highest BCUT2D eigenvalue weighted by Crippen LogP contribution is 2.27. The van der Waals surface area contributed by atoms with Crippen molar-refractivity contribution in [3.8, 4) is 0 Å². The smallest absolute Gasteiger partial charge is 0.0230 e. The molecular weight excluding hydrogens is 226 g/mol. The average Bonchev–Trinajstić information content (AvgIpc) is 2.25. The molecule has 0 radical (unpaired) electrons. The number of hydrogen-bond acceptors (Lipinski definition) is 2. The van der Waals surface area contributed by atoms with Crippen molar-refractivity contribution in [1.29, 1.82) is 0 Å². The third-order valence-corrected chi connectivity index (χ3v) is 3.71. The van der Waals surface area contributed by atoms with Crippen LogP contribution in [-0.4, -0.2) is 24.2 Å². The highest BCUT2D eigenvalue weighted by molar-refractivity contribution is 7.80. The van der Waals surface area contributed by atoms with Crippen LogP contribution in [0.25, 0.3) is 0 Å². The van der Waals surface area contributed by atoms with Gasteiger partial charge in [0.15, 0.2) is 0 Å². The van der Waals surface area contributed by atoms with E-state index in [4.69, 9.17) is 0 Å². The van der Waals surface area contributed by atoms with E-state index in [1.54, 1.807) is 0 Å². The number of thiol groups is 1. The van der Waals surface area contributed by atoms with Crippen molar-refractivity contribution in [2.24, 2.45) is 11.3 Å². The number of nitrogens with zero attached hydrogens (tertiary/aromatic N) is 1. The van der Waals surface area contributed by atoms with Gasteiger partial charge in [-0.3, -0.25) is 0 Å². The van der Waals surface area contributed by atoms with Crippen LogP contribution in [0.5, 0.6) is 0 Å². The maximum absolute atomic E-state index is 4.48. The zero-order valence-electron chi connectivity index (χ0n) is 11.5. The van der Waals surface area contributed by atoms with E-state index < -0.39 is 0 Å². The Labute approximate surface area is 112 Å². The van der Waals surface area contributed by atoms with Gasteiger partial charge >= 0.3 is 0 Å². The van der Waals surface area contributed by atoms with Gasteiger partial charge in [-0.25, -0.2) is 0 Å². The molecule has 0 aliphatic rings. The van der Waals surface area contributed by atoms with Crippen LogP contribution in [0.4, 0.5) is 0 Å². The Bertz CT molecular complexity index is 315. The van der Waals surface area contributed by atoms with Crippen LogP contribution in [0.2, 0.25) is 0 Å². The second kappa shape index (κ2) is 6.46. The summed E-state index contributed by atoms with van der Waals surface area (Å²) in [6, 6.07) is 10.6. The first-order chi connectivity index (χ1) is 7.93. The van der Waals surface area contributed by atoms with E-state index in [1.807, 2.05) is 0 Å². The Hall–Kier alpha value is -0.470. The molecule has 96 valence electrons. The SMILES string of the molecule is CN(Cc1ccccc1)CC(CS)C(C)(C)C. The molecule has 0 saturated heterocycles. The molecule has 0 heterocycles. The summed E-state index contributed by atoms with van der Waals surface area (Å²) in [7, 11) is 2.19. The Morgan fingerprint density at radius 3 is 2.24 bits per heavy atom. The Morgan fingerprint density at radius 1 is 1.18 bits per heavy atom. The summed E-state index contributed by atoms with van der Waals surface area (Å²) < 4.78 is 0. The van der Waals surface area contributed by atoms with Gasteiger partial charge in [0.25, 0.3) is 0 Å². The minimum atomic E-state index is 0.326. The molecule has 1 unspecified atom stereocenters. The van der Waals surface area contributed by atoms with Gasteiger partial charge in [-0.1, -0.05) is 51.1 Å². The first kappa shape index (κ1) is 14.6. The van der Waals surface area contributed by atoms with Crippen LogP contribution in [-0.2, 0) is 6.54 Å². The van der Waals surface area contributed by atoms with E-state index in [-0.39, 0.29) is 0 Å². The van der Waals surface area contributed by atoms with Crippen LogP contribution in [0.1, 0.15) is 26.3 Å². The van der Waals surface area contributed by atoms with E-state index in [2.05, 4.69) is 75.7 Å². The highest BCUT2D eigenvalue weighted by atomic mass is 32.1. The molecule has 2 heteroatoms. The monoisotopic (exact) mass is 251 g/mol. The summed E-state index contributed by atoms with van der Waals surface area (Å²) in [5.74, 6) is 1.57. The lowest BCUT2D eigenvalue weighted by Crippen LogP contribution is -2.34. The zero-order chi connectivity index (χ0) is 12.9. The molecule has 1 rings (SSSR count). The van der Waals surface area contributed by atoms with Crippen molar-refractivity contribution < 1.29 is 0 Å². The third-order valence-electron chi connectivity index (χ3n) is 3.27. The summed E-state index contributed by atoms with van der Waals surface area (Å²) in [6.45, 7) is 9.00. The molecule has 0 saturated carbocycles. The average molecular weight is 251 g/mol. The van der Waals surface area contributed by atoms with Crippen molar-refractivity contribution >= 4 is 12.6 Å². The highest BCUT2D eigenvalue weighted by Gasteiger charge is 2.24. The predicted molar refractivity (Wildman–Crippen MR) is 79.6 cm³/mol. The number of rotatable bonds is 5. The lowest BCUT2D eigenvalue weighted by atomic mass is 9.81. The van der Waals surface area contributed by atoms with Crippen LogP contribution in [0.15, 0.2) is 30.3 Å². The van der Waals surface area contributed by atoms with Gasteiger partial charge in [0.05, 0.1) is 0 Å². The molecule has 0 aromatic heterocycles. The quantitative estimate of drug-likeness (QED) is 0.781. The van der Waals surface area contributed by atoms with E-state index in [0.29, 0.717) is 11.3 Å². The molecule has 0 N–H and O–H groups in total. The first-order valence-electron chi connectivity index (χ1n) is 6.27. The van der Waals surface area contributed by atoms with Crippen molar-refractivity contribution in [3.05, 3.63) is 35.9 Å². The third kappa shape index (κ3) is 5.13. The molecule has 0 aliphatic carbocycles. The lowest BCUT2D eigenvalue weighted by Gasteiger charge is -2.33. The van der Waals surface area contributed by atoms with Gasteiger partial charge in [-0.05, 0) is 29.7 Å². The van der Waals surface area contributed by atoms with Crippen molar-refractivity contribution in [2.75, 3.05) is 19.3 Å². The second-order valence-corrected chi connectivity index (χ2v) is 6.29. The van der Waals surface area contributed by atoms with Gasteiger partial charge in [0.2, 0.25) is 0 Å². The summed E-state index contributed by atoms with van der Waals surface area (Å²) in [4.78, 5) is 2.39. The zero-order valence-corrected chi connectivity index (χ0v) is 12.4. The standard InChI is InChI=1S/C15H25NS/c1-15(2,3)14(12-17)11-16(4)10-13-8-6-5-7-9-13/h5-9,14,17H,10-12H2,1-4H3. The Morgan fingerprint density at radius 2 is 1.76 bits per heavy atom. The van der Waals surface area contributed by atoms with Gasteiger partial charge in [-0.2, -0.15) is 12.6 Å². The van der Waals surface area contributed by atoms with Crippen LogP contribution < -0.4 is 0 Å². The van der Waals surface area contributed by atoms with E-state index in [9.17, 15) is 0 Å². The first-order valence-corrected chi connectivity index (χ1v) is 6.90. The number of benzene rings is 1. The molecule has 17 heavy (non-hydrogen) atoms. The van der Waals surface area contributed by atoms with Crippen LogP contribution in [0, 0.1) is 11.3 Å². The van der Waals surface area contributed by atoms with Crippen molar-refractivity contribution in [3.63, 3.8) is 0 Å². The van der Waals surface area contributed by atoms with Gasteiger partial charge in [0.1, 0.15) is 0 Å². The van der Waals surface area contributed by atoms with Gasteiger partial charge in [0, 0.05) is 13.1 Å². The Balaban J connectivity index is 2.51. The maximum Gasteiger partial charge on any atom is 0.0230 e. The molecule has 0 bridgehead atoms. The molecule has 1 nitrogen and oxygen atoms in total. The number of hydrogen-bond donors (Lipinski definition) is 1. The van der Waals surface area contributed by atoms with Crippen LogP contribution in [0.3, 0.4) is 0 Å². The van der Waals surface area contributed by atoms with Crippen molar-refractivity contribution in [2.45, 2.75) is 27.3 Å². The normalized spacial score (nSPS) is 14.0. The fourth-order valence-electron chi connectivity index (χ4n) is 1.94. The molecule has 1 aromatic carbocycles. The van der Waals surface area contributed by atoms with Crippen molar-refractivity contribution in [1.82, 2.24) is 4.90 Å². The molecule has 0 amide bonds. The minimum Gasteiger partial charge on any atom is -0.302 e. The second-order valence-electron chi connectivity index (χ2n) is 5.93. The predicted octanol–water partition coefficient (Wildman–Crippen LogP) is 3.71. The molecule has 1 aromatic rings. The van der Waals surface area contributed by atoms with Gasteiger partial charge in [-0.15, -0.1) is 0 Å². The molecule has 0 spiro atoms. The Kier molecular flexibility index (Phi) is 5.54. The van der Waals surface area contributed by atoms with Crippen LogP contribution >= 0.6 is 12.6 Å². The van der Waals surface area contributed by atoms with E-state index in [0.717, 1.165) is 18.8 Å². The topological polar surface area (TPSA) is 3.24 Å². The largest absolute Gasteiger partial charge is 0.302 e. The van der Waals surface area contributed by atoms with E-state index >= 15 is 0 Å². The fourth-order valence-corrected chi connectivity index (χ4v) is 2.60. The summed E-state index contributed by atoms with van der Waals surface area (Å²) >= 11 is 4.48. The minimum absolute atomic E-state index is 0.326. The summed E-state index contributed by atoms with van der Waals surface area (Å²) in [5, 5.41) is 0. The van der Waals surface area contributed by atoms with E-state index in [1.165, 1.54) is 5.56 Å². The summed E-state index contributed by atoms with van der Waals surface area (Å²) in [5.41, 5.74) is 1.70. The molecule has 0 fully saturated rings.